The predicted octanol–water partition coefficient (Wildman–Crippen LogP) is 0.152. The second-order valence-electron chi connectivity index (χ2n) is 3.87. The second kappa shape index (κ2) is 4.87. The van der Waals surface area contributed by atoms with Gasteiger partial charge in [0.15, 0.2) is 0 Å². The Hall–Kier alpha value is -1.12. The van der Waals surface area contributed by atoms with E-state index in [9.17, 15) is 13.2 Å². The van der Waals surface area contributed by atoms with E-state index in [0.29, 0.717) is 16.7 Å². The van der Waals surface area contributed by atoms with Crippen LogP contribution in [0.1, 0.15) is 0 Å². The van der Waals surface area contributed by atoms with Crippen LogP contribution in [0.2, 0.25) is 0 Å². The van der Waals surface area contributed by atoms with Crippen molar-refractivity contribution in [3.63, 3.8) is 0 Å². The van der Waals surface area contributed by atoms with Crippen LogP contribution in [0.4, 0.5) is 5.69 Å². The zero-order chi connectivity index (χ0) is 13.3. The Bertz CT molecular complexity index is 588. The molecule has 1 saturated heterocycles. The maximum Gasteiger partial charge on any atom is 0.243 e. The summed E-state index contributed by atoms with van der Waals surface area (Å²) in [4.78, 5) is 11.3. The quantitative estimate of drug-likeness (QED) is 0.753. The van der Waals surface area contributed by atoms with Gasteiger partial charge in [-0.05, 0) is 34.1 Å². The molecule has 98 valence electrons. The first-order valence-electron chi connectivity index (χ1n) is 5.23. The number of rotatable bonds is 2. The van der Waals surface area contributed by atoms with Gasteiger partial charge in [-0.1, -0.05) is 0 Å². The Morgan fingerprint density at radius 2 is 2.11 bits per heavy atom. The smallest absolute Gasteiger partial charge is 0.243 e. The third-order valence-electron chi connectivity index (χ3n) is 2.61. The van der Waals surface area contributed by atoms with Gasteiger partial charge in [-0.25, -0.2) is 8.42 Å². The number of amides is 1. The molecular weight excluding hydrogens is 322 g/mol. The predicted molar refractivity (Wildman–Crippen MR) is 70.3 cm³/mol. The molecule has 1 amide bonds. The number of anilines is 1. The summed E-state index contributed by atoms with van der Waals surface area (Å²) in [6.45, 7) is 0.437. The summed E-state index contributed by atoms with van der Waals surface area (Å²) in [7, 11) is -3.66. The number of nitrogens with one attached hydrogen (secondary N) is 1. The molecule has 0 spiro atoms. The van der Waals surface area contributed by atoms with Gasteiger partial charge in [-0.2, -0.15) is 4.31 Å². The molecule has 0 aromatic heterocycles. The Morgan fingerprint density at radius 1 is 1.39 bits per heavy atom. The van der Waals surface area contributed by atoms with Crippen molar-refractivity contribution >= 4 is 37.5 Å². The van der Waals surface area contributed by atoms with Gasteiger partial charge in [0.25, 0.3) is 0 Å². The lowest BCUT2D eigenvalue weighted by Crippen LogP contribution is -2.49. The van der Waals surface area contributed by atoms with Crippen molar-refractivity contribution in [3.05, 3.63) is 22.7 Å². The van der Waals surface area contributed by atoms with E-state index in [1.54, 1.807) is 6.07 Å². The minimum Gasteiger partial charge on any atom is -0.398 e. The molecule has 2 rings (SSSR count). The van der Waals surface area contributed by atoms with Crippen LogP contribution in [0.3, 0.4) is 0 Å². The average Bonchev–Trinajstić information content (AvgIpc) is 2.32. The van der Waals surface area contributed by atoms with E-state index in [-0.39, 0.29) is 23.9 Å². The SMILES string of the molecule is Nc1cc(S(=O)(=O)N2CCNC(=O)C2)ccc1Br. The number of hydrogen-bond donors (Lipinski definition) is 2. The molecule has 1 aromatic rings. The van der Waals surface area contributed by atoms with Gasteiger partial charge in [0, 0.05) is 23.2 Å². The number of hydrogen-bond acceptors (Lipinski definition) is 4. The van der Waals surface area contributed by atoms with Crippen LogP contribution in [0.15, 0.2) is 27.6 Å². The van der Waals surface area contributed by atoms with Crippen molar-refractivity contribution < 1.29 is 13.2 Å². The van der Waals surface area contributed by atoms with Crippen molar-refractivity contribution in [2.75, 3.05) is 25.4 Å². The molecule has 1 heterocycles. The number of carbonyl (C=O) groups excluding carboxylic acids is 1. The molecule has 0 bridgehead atoms. The molecular formula is C10H12BrN3O3S. The van der Waals surface area contributed by atoms with E-state index in [1.165, 1.54) is 12.1 Å². The average molecular weight is 334 g/mol. The van der Waals surface area contributed by atoms with Gasteiger partial charge in [-0.3, -0.25) is 4.79 Å². The van der Waals surface area contributed by atoms with Crippen LogP contribution in [0.5, 0.6) is 0 Å². The van der Waals surface area contributed by atoms with Crippen molar-refractivity contribution in [2.24, 2.45) is 0 Å². The molecule has 1 aromatic carbocycles. The lowest BCUT2D eigenvalue weighted by molar-refractivity contribution is -0.122. The number of piperazine rings is 1. The fourth-order valence-electron chi connectivity index (χ4n) is 1.65. The Balaban J connectivity index is 2.35. The van der Waals surface area contributed by atoms with Gasteiger partial charge >= 0.3 is 0 Å². The Labute approximate surface area is 113 Å². The molecule has 0 unspecified atom stereocenters. The van der Waals surface area contributed by atoms with Crippen LogP contribution in [0, 0.1) is 0 Å². The Morgan fingerprint density at radius 3 is 2.72 bits per heavy atom. The van der Waals surface area contributed by atoms with Crippen LogP contribution in [0.25, 0.3) is 0 Å². The summed E-state index contributed by atoms with van der Waals surface area (Å²) in [6.07, 6.45) is 0. The summed E-state index contributed by atoms with van der Waals surface area (Å²) in [5.41, 5.74) is 6.01. The lowest BCUT2D eigenvalue weighted by Gasteiger charge is -2.26. The Kier molecular flexibility index (Phi) is 3.60. The highest BCUT2D eigenvalue weighted by Gasteiger charge is 2.29. The summed E-state index contributed by atoms with van der Waals surface area (Å²) in [5, 5.41) is 2.58. The van der Waals surface area contributed by atoms with Gasteiger partial charge in [-0.15, -0.1) is 0 Å². The van der Waals surface area contributed by atoms with E-state index in [0.717, 1.165) is 4.31 Å². The first kappa shape index (κ1) is 13.3. The van der Waals surface area contributed by atoms with Crippen molar-refractivity contribution in [1.29, 1.82) is 0 Å². The minimum atomic E-state index is -3.66. The van der Waals surface area contributed by atoms with Crippen LogP contribution < -0.4 is 11.1 Å². The molecule has 1 fully saturated rings. The zero-order valence-corrected chi connectivity index (χ0v) is 11.8. The number of nitrogens with two attached hydrogens (primary N) is 1. The number of benzene rings is 1. The molecule has 0 aliphatic carbocycles. The number of nitrogen functional groups attached to an aromatic ring is 1. The number of sulfonamides is 1. The molecule has 1 aliphatic heterocycles. The fourth-order valence-corrected chi connectivity index (χ4v) is 3.33. The zero-order valence-electron chi connectivity index (χ0n) is 9.39. The van der Waals surface area contributed by atoms with E-state index < -0.39 is 10.0 Å². The summed E-state index contributed by atoms with van der Waals surface area (Å²) >= 11 is 3.20. The normalized spacial score (nSPS) is 17.5. The molecule has 0 atom stereocenters. The highest BCUT2D eigenvalue weighted by atomic mass is 79.9. The van der Waals surface area contributed by atoms with Crippen LogP contribution in [-0.2, 0) is 14.8 Å². The first-order chi connectivity index (χ1) is 8.41. The van der Waals surface area contributed by atoms with Crippen molar-refractivity contribution in [2.45, 2.75) is 4.90 Å². The number of nitrogens with zero attached hydrogens (tertiary/aromatic N) is 1. The standard InChI is InChI=1S/C10H12BrN3O3S/c11-8-2-1-7(5-9(8)12)18(16,17)14-4-3-13-10(15)6-14/h1-2,5H,3-4,6,12H2,(H,13,15). The van der Waals surface area contributed by atoms with Crippen molar-refractivity contribution in [1.82, 2.24) is 9.62 Å². The molecule has 0 saturated carbocycles. The first-order valence-corrected chi connectivity index (χ1v) is 7.46. The highest BCUT2D eigenvalue weighted by molar-refractivity contribution is 9.10. The van der Waals surface area contributed by atoms with Gasteiger partial charge < -0.3 is 11.1 Å². The van der Waals surface area contributed by atoms with Crippen LogP contribution >= 0.6 is 15.9 Å². The lowest BCUT2D eigenvalue weighted by atomic mass is 10.3. The largest absolute Gasteiger partial charge is 0.398 e. The number of carbonyl (C=O) groups is 1. The second-order valence-corrected chi connectivity index (χ2v) is 6.66. The van der Waals surface area contributed by atoms with E-state index in [4.69, 9.17) is 5.73 Å². The molecule has 8 heteroatoms. The molecule has 6 nitrogen and oxygen atoms in total. The maximum absolute atomic E-state index is 12.3. The molecule has 0 radical (unpaired) electrons. The molecule has 18 heavy (non-hydrogen) atoms. The summed E-state index contributed by atoms with van der Waals surface area (Å²) in [6, 6.07) is 4.42. The van der Waals surface area contributed by atoms with Crippen LogP contribution in [-0.4, -0.2) is 38.3 Å². The number of halogens is 1. The third-order valence-corrected chi connectivity index (χ3v) is 5.17. The van der Waals surface area contributed by atoms with Gasteiger partial charge in [0.1, 0.15) is 0 Å². The van der Waals surface area contributed by atoms with Gasteiger partial charge in [0.2, 0.25) is 15.9 Å². The molecule has 3 N–H and O–H groups in total. The van der Waals surface area contributed by atoms with E-state index >= 15 is 0 Å². The minimum absolute atomic E-state index is 0.0953. The summed E-state index contributed by atoms with van der Waals surface area (Å²) in [5.74, 6) is -0.296. The van der Waals surface area contributed by atoms with E-state index in [1.807, 2.05) is 0 Å². The molecule has 1 aliphatic rings. The summed E-state index contributed by atoms with van der Waals surface area (Å²) < 4.78 is 26.3. The maximum atomic E-state index is 12.3. The monoisotopic (exact) mass is 333 g/mol. The highest BCUT2D eigenvalue weighted by Crippen LogP contribution is 2.25. The van der Waals surface area contributed by atoms with Gasteiger partial charge in [0.05, 0.1) is 11.4 Å². The van der Waals surface area contributed by atoms with E-state index in [2.05, 4.69) is 21.2 Å². The fraction of sp³-hybridized carbons (Fsp3) is 0.300. The topological polar surface area (TPSA) is 92.5 Å². The third kappa shape index (κ3) is 2.50. The van der Waals surface area contributed by atoms with Crippen molar-refractivity contribution in [3.8, 4) is 0 Å².